The summed E-state index contributed by atoms with van der Waals surface area (Å²) in [7, 11) is 0. The maximum Gasteiger partial charge on any atom is 0.317 e. The molecule has 1 aliphatic rings. The molecule has 1 aliphatic heterocycles. The summed E-state index contributed by atoms with van der Waals surface area (Å²) in [6.45, 7) is 5.06. The first kappa shape index (κ1) is 13.8. The number of urea groups is 1. The minimum absolute atomic E-state index is 0.121. The highest BCUT2D eigenvalue weighted by Gasteiger charge is 2.28. The van der Waals surface area contributed by atoms with Crippen LogP contribution in [0.2, 0.25) is 0 Å². The largest absolute Gasteiger partial charge is 0.481 e. The van der Waals surface area contributed by atoms with E-state index in [0.717, 1.165) is 19.3 Å². The molecule has 17 heavy (non-hydrogen) atoms. The van der Waals surface area contributed by atoms with Gasteiger partial charge in [0.2, 0.25) is 0 Å². The molecule has 0 aromatic carbocycles. The normalized spacial score (nSPS) is 20.4. The third kappa shape index (κ3) is 3.91. The highest BCUT2D eigenvalue weighted by atomic mass is 16.4. The summed E-state index contributed by atoms with van der Waals surface area (Å²) >= 11 is 0. The lowest BCUT2D eigenvalue weighted by molar-refractivity contribution is -0.143. The quantitative estimate of drug-likeness (QED) is 0.788. The van der Waals surface area contributed by atoms with E-state index in [-0.39, 0.29) is 12.1 Å². The molecule has 98 valence electrons. The van der Waals surface area contributed by atoms with Crippen molar-refractivity contribution in [3.05, 3.63) is 0 Å². The van der Waals surface area contributed by atoms with Crippen LogP contribution in [-0.4, -0.2) is 41.1 Å². The standard InChI is InChI=1S/C12H22N2O3/c1-3-10(4-2)13-12(17)14-7-5-6-9(8-14)11(15)16/h9-10H,3-8H2,1-2H3,(H,13,17)(H,15,16). The lowest BCUT2D eigenvalue weighted by Crippen LogP contribution is -2.49. The summed E-state index contributed by atoms with van der Waals surface area (Å²) in [5.74, 6) is -1.21. The molecule has 1 atom stereocenters. The summed E-state index contributed by atoms with van der Waals surface area (Å²) in [5.41, 5.74) is 0. The van der Waals surface area contributed by atoms with Crippen LogP contribution in [0.4, 0.5) is 4.79 Å². The predicted molar refractivity (Wildman–Crippen MR) is 64.8 cm³/mol. The Kier molecular flexibility index (Phi) is 5.25. The number of nitrogens with one attached hydrogen (secondary N) is 1. The number of likely N-dealkylation sites (tertiary alicyclic amines) is 1. The lowest BCUT2D eigenvalue weighted by Gasteiger charge is -2.32. The molecule has 0 bridgehead atoms. The van der Waals surface area contributed by atoms with E-state index >= 15 is 0 Å². The van der Waals surface area contributed by atoms with E-state index in [2.05, 4.69) is 5.32 Å². The summed E-state index contributed by atoms with van der Waals surface area (Å²) < 4.78 is 0. The van der Waals surface area contributed by atoms with Crippen LogP contribution in [0.25, 0.3) is 0 Å². The van der Waals surface area contributed by atoms with E-state index in [0.29, 0.717) is 19.5 Å². The minimum atomic E-state index is -0.801. The summed E-state index contributed by atoms with van der Waals surface area (Å²) in [5, 5.41) is 11.9. The smallest absolute Gasteiger partial charge is 0.317 e. The lowest BCUT2D eigenvalue weighted by atomic mass is 9.98. The van der Waals surface area contributed by atoms with Gasteiger partial charge in [-0.05, 0) is 25.7 Å². The number of rotatable bonds is 4. The van der Waals surface area contributed by atoms with Crippen molar-refractivity contribution in [2.24, 2.45) is 5.92 Å². The van der Waals surface area contributed by atoms with Crippen molar-refractivity contribution in [2.45, 2.75) is 45.6 Å². The van der Waals surface area contributed by atoms with Crippen molar-refractivity contribution in [1.29, 1.82) is 0 Å². The Bertz CT molecular complexity index is 277. The molecule has 0 radical (unpaired) electrons. The molecule has 1 rings (SSSR count). The van der Waals surface area contributed by atoms with E-state index < -0.39 is 11.9 Å². The van der Waals surface area contributed by atoms with Crippen molar-refractivity contribution in [3.63, 3.8) is 0 Å². The van der Waals surface area contributed by atoms with Crippen LogP contribution in [0.1, 0.15) is 39.5 Å². The van der Waals surface area contributed by atoms with Crippen molar-refractivity contribution in [3.8, 4) is 0 Å². The van der Waals surface area contributed by atoms with E-state index in [1.807, 2.05) is 13.8 Å². The Morgan fingerprint density at radius 2 is 2.06 bits per heavy atom. The SMILES string of the molecule is CCC(CC)NC(=O)N1CCCC(C(=O)O)C1. The highest BCUT2D eigenvalue weighted by Crippen LogP contribution is 2.16. The fourth-order valence-electron chi connectivity index (χ4n) is 2.12. The molecular formula is C12H22N2O3. The van der Waals surface area contributed by atoms with Crippen LogP contribution in [0.15, 0.2) is 0 Å². The van der Waals surface area contributed by atoms with Crippen molar-refractivity contribution in [2.75, 3.05) is 13.1 Å². The van der Waals surface area contributed by atoms with Gasteiger partial charge in [-0.1, -0.05) is 13.8 Å². The zero-order valence-electron chi connectivity index (χ0n) is 10.6. The second kappa shape index (κ2) is 6.47. The number of hydrogen-bond donors (Lipinski definition) is 2. The average Bonchev–Trinajstić information content (AvgIpc) is 2.35. The molecule has 0 aromatic rings. The van der Waals surface area contributed by atoms with E-state index in [1.54, 1.807) is 4.90 Å². The zero-order valence-corrected chi connectivity index (χ0v) is 10.6. The average molecular weight is 242 g/mol. The molecule has 0 spiro atoms. The van der Waals surface area contributed by atoms with Gasteiger partial charge in [0.15, 0.2) is 0 Å². The van der Waals surface area contributed by atoms with Crippen LogP contribution in [-0.2, 0) is 4.79 Å². The van der Waals surface area contributed by atoms with Gasteiger partial charge in [-0.3, -0.25) is 4.79 Å². The number of carboxylic acids is 1. The molecule has 2 amide bonds. The molecule has 0 aromatic heterocycles. The molecule has 2 N–H and O–H groups in total. The van der Waals surface area contributed by atoms with Crippen LogP contribution >= 0.6 is 0 Å². The van der Waals surface area contributed by atoms with Gasteiger partial charge < -0.3 is 15.3 Å². The second-order valence-electron chi connectivity index (χ2n) is 4.59. The number of piperidine rings is 1. The number of aliphatic carboxylic acids is 1. The molecule has 1 heterocycles. The van der Waals surface area contributed by atoms with Gasteiger partial charge in [0.05, 0.1) is 5.92 Å². The van der Waals surface area contributed by atoms with E-state index in [9.17, 15) is 9.59 Å². The molecule has 5 nitrogen and oxygen atoms in total. The molecular weight excluding hydrogens is 220 g/mol. The first-order valence-corrected chi connectivity index (χ1v) is 6.36. The zero-order chi connectivity index (χ0) is 12.8. The number of carboxylic acid groups (broad SMARTS) is 1. The number of carbonyl (C=O) groups is 2. The summed E-state index contributed by atoms with van der Waals surface area (Å²) in [4.78, 5) is 24.4. The molecule has 1 saturated heterocycles. The molecule has 1 unspecified atom stereocenters. The topological polar surface area (TPSA) is 69.6 Å². The number of amides is 2. The number of carbonyl (C=O) groups excluding carboxylic acids is 1. The minimum Gasteiger partial charge on any atom is -0.481 e. The van der Waals surface area contributed by atoms with E-state index in [4.69, 9.17) is 5.11 Å². The van der Waals surface area contributed by atoms with Gasteiger partial charge in [-0.25, -0.2) is 4.79 Å². The van der Waals surface area contributed by atoms with Crippen molar-refractivity contribution in [1.82, 2.24) is 10.2 Å². The third-order valence-corrected chi connectivity index (χ3v) is 3.37. The predicted octanol–water partition coefficient (Wildman–Crippen LogP) is 1.68. The summed E-state index contributed by atoms with van der Waals surface area (Å²) in [6.07, 6.45) is 3.24. The maximum absolute atomic E-state index is 11.9. The highest BCUT2D eigenvalue weighted by molar-refractivity contribution is 5.76. The second-order valence-corrected chi connectivity index (χ2v) is 4.59. The molecule has 0 aliphatic carbocycles. The monoisotopic (exact) mass is 242 g/mol. The van der Waals surface area contributed by atoms with Gasteiger partial charge in [-0.15, -0.1) is 0 Å². The Balaban J connectivity index is 2.48. The number of hydrogen-bond acceptors (Lipinski definition) is 2. The third-order valence-electron chi connectivity index (χ3n) is 3.37. The molecule has 5 heteroatoms. The van der Waals surface area contributed by atoms with Crippen molar-refractivity contribution < 1.29 is 14.7 Å². The Morgan fingerprint density at radius 1 is 1.41 bits per heavy atom. The molecule has 1 fully saturated rings. The first-order chi connectivity index (χ1) is 8.08. The summed E-state index contributed by atoms with van der Waals surface area (Å²) in [6, 6.07) is 0.0670. The Hall–Kier alpha value is -1.26. The first-order valence-electron chi connectivity index (χ1n) is 6.36. The molecule has 0 saturated carbocycles. The van der Waals surface area contributed by atoms with Gasteiger partial charge in [0.25, 0.3) is 0 Å². The Morgan fingerprint density at radius 3 is 2.59 bits per heavy atom. The maximum atomic E-state index is 11.9. The number of nitrogens with zero attached hydrogens (tertiary/aromatic N) is 1. The van der Waals surface area contributed by atoms with Gasteiger partial charge >= 0.3 is 12.0 Å². The van der Waals surface area contributed by atoms with Crippen LogP contribution in [0.5, 0.6) is 0 Å². The van der Waals surface area contributed by atoms with Gasteiger partial charge in [-0.2, -0.15) is 0 Å². The van der Waals surface area contributed by atoms with Gasteiger partial charge in [0, 0.05) is 19.1 Å². The fourth-order valence-corrected chi connectivity index (χ4v) is 2.12. The van der Waals surface area contributed by atoms with Crippen LogP contribution in [0.3, 0.4) is 0 Å². The van der Waals surface area contributed by atoms with Crippen LogP contribution < -0.4 is 5.32 Å². The van der Waals surface area contributed by atoms with Crippen LogP contribution in [0, 0.1) is 5.92 Å². The fraction of sp³-hybridized carbons (Fsp3) is 0.833. The Labute approximate surface area is 102 Å². The van der Waals surface area contributed by atoms with E-state index in [1.165, 1.54) is 0 Å². The van der Waals surface area contributed by atoms with Gasteiger partial charge in [0.1, 0.15) is 0 Å². The van der Waals surface area contributed by atoms with Crippen molar-refractivity contribution >= 4 is 12.0 Å².